The number of piperidine rings is 2. The normalized spacial score (nSPS) is 19.7. The van der Waals surface area contributed by atoms with Crippen molar-refractivity contribution in [2.45, 2.75) is 111 Å². The van der Waals surface area contributed by atoms with Gasteiger partial charge in [0.2, 0.25) is 0 Å². The Bertz CT molecular complexity index is 3540. The summed E-state index contributed by atoms with van der Waals surface area (Å²) in [7, 11) is 0. The van der Waals surface area contributed by atoms with E-state index in [9.17, 15) is 72.5 Å². The van der Waals surface area contributed by atoms with Crippen molar-refractivity contribution in [1.82, 2.24) is 29.5 Å². The highest BCUT2D eigenvalue weighted by Gasteiger charge is 2.56. The summed E-state index contributed by atoms with van der Waals surface area (Å²) in [4.78, 5) is 37.0. The van der Waals surface area contributed by atoms with E-state index in [1.807, 2.05) is 121 Å². The van der Waals surface area contributed by atoms with Crippen LogP contribution in [-0.2, 0) is 34.8 Å². The first-order chi connectivity index (χ1) is 42.7. The third-order valence-electron chi connectivity index (χ3n) is 17.1. The van der Waals surface area contributed by atoms with Gasteiger partial charge in [0.15, 0.2) is 11.6 Å². The largest absolute Gasteiger partial charge is 0.417 e. The van der Waals surface area contributed by atoms with E-state index in [4.69, 9.17) is 33.4 Å². The number of nitrogens with zero attached hydrogens (tertiary/aromatic N) is 8. The Balaban J connectivity index is 0.000000185. The Kier molecular flexibility index (Phi) is 17.8. The van der Waals surface area contributed by atoms with Crippen LogP contribution >= 0.6 is 23.2 Å². The van der Waals surface area contributed by atoms with Gasteiger partial charge in [-0.05, 0) is 60.1 Å². The standard InChI is InChI=1S/2C32H27ClF6N4O2/c2*33-22-15-21(31(34,35)36)17-40-30(22)42-13-11-18(12-14-42)27-25-23(16-24(44)29(45)26(25)32(37,38)39)43(41-27)28(19-7-3-1-4-8-19)20-9-5-2-6-10-20/h2*1-10,15,17-18,26,28-29,45H,11-14,16H2/t2*26-,29+/m10/s1. The first kappa shape index (κ1) is 63.8. The molecule has 6 heterocycles. The van der Waals surface area contributed by atoms with Gasteiger partial charge in [-0.1, -0.05) is 145 Å². The van der Waals surface area contributed by atoms with Crippen molar-refractivity contribution in [3.63, 3.8) is 0 Å². The molecule has 0 spiro atoms. The van der Waals surface area contributed by atoms with Crippen molar-refractivity contribution in [3.8, 4) is 0 Å². The number of anilines is 2. The van der Waals surface area contributed by atoms with Crippen LogP contribution in [0.25, 0.3) is 0 Å². The summed E-state index contributed by atoms with van der Waals surface area (Å²) >= 11 is 12.3. The second kappa shape index (κ2) is 25.1. The molecule has 0 bridgehead atoms. The van der Waals surface area contributed by atoms with Crippen molar-refractivity contribution >= 4 is 46.4 Å². The molecule has 0 amide bonds. The second-order valence-corrected chi connectivity index (χ2v) is 23.4. The topological polar surface area (TPSA) is 142 Å². The van der Waals surface area contributed by atoms with E-state index in [0.717, 1.165) is 34.4 Å². The minimum atomic E-state index is -4.93. The fraction of sp³-hybridized carbons (Fsp3) is 0.344. The van der Waals surface area contributed by atoms with Gasteiger partial charge >= 0.3 is 24.7 Å². The van der Waals surface area contributed by atoms with Crippen LogP contribution < -0.4 is 9.80 Å². The highest BCUT2D eigenvalue weighted by Crippen LogP contribution is 2.51. The summed E-state index contributed by atoms with van der Waals surface area (Å²) in [6.45, 7) is 0.958. The molecule has 4 atom stereocenters. The highest BCUT2D eigenvalue weighted by molar-refractivity contribution is 6.33. The monoisotopic (exact) mass is 1300 g/mol. The zero-order valence-corrected chi connectivity index (χ0v) is 48.6. The summed E-state index contributed by atoms with van der Waals surface area (Å²) < 4.78 is 170. The number of fused-ring (bicyclic) bond motifs is 2. The number of hydrogen-bond donors (Lipinski definition) is 2. The Hall–Kier alpha value is -7.80. The molecule has 4 aromatic heterocycles. The zero-order chi connectivity index (χ0) is 64.2. The summed E-state index contributed by atoms with van der Waals surface area (Å²) in [5.74, 6) is -7.46. The molecule has 12 rings (SSSR count). The molecule has 2 aliphatic heterocycles. The van der Waals surface area contributed by atoms with Gasteiger partial charge in [0.05, 0.1) is 56.8 Å². The molecule has 4 aromatic carbocycles. The molecule has 2 N–H and O–H groups in total. The van der Waals surface area contributed by atoms with E-state index in [-0.39, 0.29) is 81.8 Å². The van der Waals surface area contributed by atoms with E-state index in [1.165, 1.54) is 9.36 Å². The molecule has 90 heavy (non-hydrogen) atoms. The van der Waals surface area contributed by atoms with Crippen LogP contribution in [0.4, 0.5) is 64.3 Å². The molecular formula is C64H54Cl2F12N8O4. The summed E-state index contributed by atoms with van der Waals surface area (Å²) in [6, 6.07) is 36.8. The number of pyridine rings is 2. The number of carbonyl (C=O) groups is 2. The van der Waals surface area contributed by atoms with Crippen LogP contribution in [0.1, 0.15) is 129 Å². The van der Waals surface area contributed by atoms with Crippen molar-refractivity contribution in [2.75, 3.05) is 36.0 Å². The van der Waals surface area contributed by atoms with Gasteiger partial charge in [-0.15, -0.1) is 0 Å². The van der Waals surface area contributed by atoms with Crippen LogP contribution in [0.5, 0.6) is 0 Å². The van der Waals surface area contributed by atoms with Gasteiger partial charge in [0.25, 0.3) is 0 Å². The number of alkyl halides is 12. The Morgan fingerprint density at radius 3 is 1.00 bits per heavy atom. The number of benzene rings is 4. The molecule has 2 aliphatic carbocycles. The maximum absolute atomic E-state index is 14.6. The summed E-state index contributed by atoms with van der Waals surface area (Å²) in [5, 5.41) is 30.5. The lowest BCUT2D eigenvalue weighted by Crippen LogP contribution is -2.43. The minimum absolute atomic E-state index is 0.107. The van der Waals surface area contributed by atoms with E-state index in [2.05, 4.69) is 9.97 Å². The molecule has 12 nitrogen and oxygen atoms in total. The van der Waals surface area contributed by atoms with E-state index in [0.29, 0.717) is 38.1 Å². The number of carbonyl (C=O) groups excluding carboxylic acids is 2. The molecule has 4 aliphatic rings. The molecule has 2 saturated heterocycles. The Morgan fingerprint density at radius 1 is 0.456 bits per heavy atom. The lowest BCUT2D eigenvalue weighted by atomic mass is 9.78. The maximum atomic E-state index is 14.6. The molecule has 8 aromatic rings. The first-order valence-electron chi connectivity index (χ1n) is 28.6. The molecule has 0 unspecified atom stereocenters. The molecule has 472 valence electrons. The van der Waals surface area contributed by atoms with Crippen molar-refractivity contribution < 1.29 is 72.5 Å². The lowest BCUT2D eigenvalue weighted by Gasteiger charge is -2.35. The van der Waals surface area contributed by atoms with Gasteiger partial charge in [0, 0.05) is 61.5 Å². The van der Waals surface area contributed by atoms with Crippen LogP contribution in [0.3, 0.4) is 0 Å². The third-order valence-corrected chi connectivity index (χ3v) is 17.6. The Morgan fingerprint density at radius 2 is 0.744 bits per heavy atom. The number of aliphatic hydroxyl groups is 2. The van der Waals surface area contributed by atoms with Gasteiger partial charge in [0.1, 0.15) is 47.8 Å². The maximum Gasteiger partial charge on any atom is 0.417 e. The second-order valence-electron chi connectivity index (χ2n) is 22.6. The first-order valence-corrected chi connectivity index (χ1v) is 29.4. The SMILES string of the molecule is O=C1Cc2c(c(C3CCN(c4ncc(C(F)(F)F)cc4Cl)CC3)nn2C(c2ccccc2)c2ccccc2)[C@@H](C(F)(F)F)[C@H]1O.O=C1Cc2c(c(C3CCN(c4ncc(C(F)(F)F)cc4Cl)CC3)nn2C(c2ccccc2)c2ccccc2)[C@H](C(F)(F)F)[C@@H]1O. The third kappa shape index (κ3) is 12.8. The average molecular weight is 1300 g/mol. The zero-order valence-electron chi connectivity index (χ0n) is 47.1. The Labute approximate surface area is 516 Å². The molecule has 26 heteroatoms. The summed E-state index contributed by atoms with van der Waals surface area (Å²) in [5.41, 5.74) is 1.18. The smallest absolute Gasteiger partial charge is 0.384 e. The minimum Gasteiger partial charge on any atom is -0.384 e. The van der Waals surface area contributed by atoms with E-state index < -0.39 is 108 Å². The van der Waals surface area contributed by atoms with E-state index >= 15 is 0 Å². The summed E-state index contributed by atoms with van der Waals surface area (Å²) in [6.07, 6.45) is -21.9. The number of hydrogen-bond acceptors (Lipinski definition) is 10. The van der Waals surface area contributed by atoms with Crippen LogP contribution in [0.15, 0.2) is 146 Å². The van der Waals surface area contributed by atoms with Crippen molar-refractivity contribution in [3.05, 3.63) is 223 Å². The van der Waals surface area contributed by atoms with Crippen LogP contribution in [0.2, 0.25) is 10.0 Å². The number of rotatable bonds is 10. The van der Waals surface area contributed by atoms with E-state index in [1.54, 1.807) is 9.80 Å². The predicted molar refractivity (Wildman–Crippen MR) is 309 cm³/mol. The number of ketones is 2. The van der Waals surface area contributed by atoms with Gasteiger partial charge in [-0.2, -0.15) is 62.9 Å². The number of aliphatic hydroxyl groups excluding tert-OH is 2. The van der Waals surface area contributed by atoms with Crippen molar-refractivity contribution in [2.24, 2.45) is 0 Å². The van der Waals surface area contributed by atoms with Gasteiger partial charge in [-0.25, -0.2) is 9.97 Å². The van der Waals surface area contributed by atoms with Gasteiger partial charge in [-0.3, -0.25) is 19.0 Å². The van der Waals surface area contributed by atoms with Crippen molar-refractivity contribution in [1.29, 1.82) is 0 Å². The average Bonchev–Trinajstić information content (AvgIpc) is 1.56. The van der Waals surface area contributed by atoms with Crippen LogP contribution in [-0.4, -0.2) is 102 Å². The molecule has 0 saturated carbocycles. The number of Topliss-reactive ketones (excluding diaryl/α,β-unsaturated/α-hetero) is 2. The number of aromatic nitrogens is 6. The van der Waals surface area contributed by atoms with Gasteiger partial charge < -0.3 is 20.0 Å². The lowest BCUT2D eigenvalue weighted by molar-refractivity contribution is -0.179. The fourth-order valence-electron chi connectivity index (χ4n) is 12.8. The number of halogens is 14. The van der Waals surface area contributed by atoms with Crippen LogP contribution in [0, 0.1) is 0 Å². The molecule has 0 radical (unpaired) electrons. The highest BCUT2D eigenvalue weighted by atomic mass is 35.5. The quantitative estimate of drug-likeness (QED) is 0.127. The molecule has 2 fully saturated rings. The fourth-order valence-corrected chi connectivity index (χ4v) is 13.4. The predicted octanol–water partition coefficient (Wildman–Crippen LogP) is 14.2. The molecular weight excluding hydrogens is 1240 g/mol.